The highest BCUT2D eigenvalue weighted by molar-refractivity contribution is 6.55. The average Bonchev–Trinajstić information content (AvgIpc) is 3.18. The maximum absolute atomic E-state index is 14.2. The normalized spacial score (nSPS) is 20.6. The summed E-state index contributed by atoms with van der Waals surface area (Å²) in [4.78, 5) is 13.0. The Hall–Kier alpha value is -2.35. The SMILES string of the molecule is CC1(C)C(C=C(Cl)Cl)C1C(=O)C(C#N)c1ccc(F)c(Oc2ccccc2)c1. The fourth-order valence-corrected chi connectivity index (χ4v) is 3.81. The quantitative estimate of drug-likeness (QED) is 0.547. The van der Waals surface area contributed by atoms with Crippen LogP contribution in [0.2, 0.25) is 0 Å². The van der Waals surface area contributed by atoms with Gasteiger partial charge in [-0.15, -0.1) is 0 Å². The van der Waals surface area contributed by atoms with Crippen LogP contribution in [0.5, 0.6) is 11.5 Å². The van der Waals surface area contributed by atoms with Crippen LogP contribution in [0.1, 0.15) is 25.3 Å². The second-order valence-electron chi connectivity index (χ2n) is 7.35. The van der Waals surface area contributed by atoms with Gasteiger partial charge < -0.3 is 4.74 Å². The zero-order chi connectivity index (χ0) is 20.5. The van der Waals surface area contributed by atoms with E-state index in [0.717, 1.165) is 0 Å². The number of rotatable bonds is 6. The van der Waals surface area contributed by atoms with Gasteiger partial charge in [0, 0.05) is 5.92 Å². The van der Waals surface area contributed by atoms with Gasteiger partial charge in [-0.1, -0.05) is 61.3 Å². The van der Waals surface area contributed by atoms with E-state index < -0.39 is 11.7 Å². The summed E-state index contributed by atoms with van der Waals surface area (Å²) in [6.45, 7) is 3.85. The van der Waals surface area contributed by atoms with E-state index in [-0.39, 0.29) is 33.3 Å². The highest BCUT2D eigenvalue weighted by Crippen LogP contribution is 2.61. The third-order valence-electron chi connectivity index (χ3n) is 5.20. The number of nitrogens with zero attached hydrogens (tertiary/aromatic N) is 1. The predicted molar refractivity (Wildman–Crippen MR) is 107 cm³/mol. The number of allylic oxidation sites excluding steroid dienone is 1. The summed E-state index contributed by atoms with van der Waals surface area (Å²) in [6, 6.07) is 14.8. The van der Waals surface area contributed by atoms with Crippen LogP contribution >= 0.6 is 23.2 Å². The van der Waals surface area contributed by atoms with Gasteiger partial charge in [-0.2, -0.15) is 5.26 Å². The summed E-state index contributed by atoms with van der Waals surface area (Å²) < 4.78 is 19.9. The molecule has 0 saturated heterocycles. The highest BCUT2D eigenvalue weighted by Gasteiger charge is 2.61. The molecule has 0 amide bonds. The van der Waals surface area contributed by atoms with E-state index in [4.69, 9.17) is 27.9 Å². The maximum atomic E-state index is 14.2. The van der Waals surface area contributed by atoms with Gasteiger partial charge in [-0.05, 0) is 47.2 Å². The second kappa shape index (κ2) is 7.95. The lowest BCUT2D eigenvalue weighted by Gasteiger charge is -2.13. The van der Waals surface area contributed by atoms with Crippen molar-refractivity contribution in [1.29, 1.82) is 5.26 Å². The van der Waals surface area contributed by atoms with Gasteiger partial charge in [0.05, 0.1) is 6.07 Å². The molecular formula is C22H18Cl2FNO2. The van der Waals surface area contributed by atoms with Crippen LogP contribution in [0, 0.1) is 34.4 Å². The molecule has 0 N–H and O–H groups in total. The molecule has 0 bridgehead atoms. The Kier molecular flexibility index (Phi) is 5.79. The summed E-state index contributed by atoms with van der Waals surface area (Å²) in [5.74, 6) is -1.93. The van der Waals surface area contributed by atoms with Crippen LogP contribution in [0.15, 0.2) is 59.1 Å². The first-order valence-corrected chi connectivity index (χ1v) is 9.49. The molecule has 1 aliphatic carbocycles. The number of carbonyl (C=O) groups excluding carboxylic acids is 1. The van der Waals surface area contributed by atoms with Gasteiger partial charge in [0.15, 0.2) is 17.3 Å². The van der Waals surface area contributed by atoms with Gasteiger partial charge >= 0.3 is 0 Å². The third-order valence-corrected chi connectivity index (χ3v) is 5.45. The molecule has 0 aromatic heterocycles. The van der Waals surface area contributed by atoms with E-state index >= 15 is 0 Å². The molecule has 1 fully saturated rings. The standard InChI is InChI=1S/C22H18Cl2FNO2/c1-22(2)16(11-19(23)24)20(22)21(27)15(12-26)13-8-9-17(25)18(10-13)28-14-6-4-3-5-7-14/h3-11,15-16,20H,1-2H3. The Morgan fingerprint density at radius 3 is 2.54 bits per heavy atom. The molecule has 0 radical (unpaired) electrons. The lowest BCUT2D eigenvalue weighted by atomic mass is 9.91. The fourth-order valence-electron chi connectivity index (χ4n) is 3.54. The number of hydrogen-bond donors (Lipinski definition) is 0. The monoisotopic (exact) mass is 417 g/mol. The van der Waals surface area contributed by atoms with Crippen molar-refractivity contribution in [2.45, 2.75) is 19.8 Å². The van der Waals surface area contributed by atoms with Gasteiger partial charge in [0.2, 0.25) is 0 Å². The first-order valence-electron chi connectivity index (χ1n) is 8.74. The van der Waals surface area contributed by atoms with Crippen LogP contribution in [0.3, 0.4) is 0 Å². The first-order chi connectivity index (χ1) is 13.3. The van der Waals surface area contributed by atoms with Crippen molar-refractivity contribution in [2.75, 3.05) is 0 Å². The highest BCUT2D eigenvalue weighted by atomic mass is 35.5. The summed E-state index contributed by atoms with van der Waals surface area (Å²) in [7, 11) is 0. The molecule has 0 heterocycles. The molecule has 28 heavy (non-hydrogen) atoms. The topological polar surface area (TPSA) is 50.1 Å². The van der Waals surface area contributed by atoms with E-state index in [1.165, 1.54) is 18.2 Å². The van der Waals surface area contributed by atoms with Crippen molar-refractivity contribution in [3.63, 3.8) is 0 Å². The molecule has 1 saturated carbocycles. The zero-order valence-corrected chi connectivity index (χ0v) is 16.8. The zero-order valence-electron chi connectivity index (χ0n) is 15.3. The molecule has 0 spiro atoms. The number of benzene rings is 2. The van der Waals surface area contributed by atoms with Crippen molar-refractivity contribution >= 4 is 29.0 Å². The molecule has 3 nitrogen and oxygen atoms in total. The number of carbonyl (C=O) groups is 1. The van der Waals surface area contributed by atoms with E-state index in [1.807, 2.05) is 26.0 Å². The van der Waals surface area contributed by atoms with Crippen molar-refractivity contribution in [3.05, 3.63) is 70.5 Å². The van der Waals surface area contributed by atoms with Gasteiger partial charge in [0.25, 0.3) is 0 Å². The maximum Gasteiger partial charge on any atom is 0.165 e. The van der Waals surface area contributed by atoms with Crippen LogP contribution in [-0.4, -0.2) is 5.78 Å². The molecule has 1 aliphatic rings. The van der Waals surface area contributed by atoms with E-state index in [0.29, 0.717) is 11.3 Å². The van der Waals surface area contributed by atoms with Gasteiger partial charge in [-0.3, -0.25) is 4.79 Å². The van der Waals surface area contributed by atoms with Gasteiger partial charge in [-0.25, -0.2) is 4.39 Å². The lowest BCUT2D eigenvalue weighted by molar-refractivity contribution is -0.121. The Balaban J connectivity index is 1.87. The number of ether oxygens (including phenoxy) is 1. The average molecular weight is 418 g/mol. The third kappa shape index (κ3) is 4.06. The number of Topliss-reactive ketones (excluding diaryl/α,β-unsaturated/α-hetero) is 1. The first kappa shape index (κ1) is 20.4. The fraction of sp³-hybridized carbons (Fsp3) is 0.273. The van der Waals surface area contributed by atoms with E-state index in [1.54, 1.807) is 30.3 Å². The summed E-state index contributed by atoms with van der Waals surface area (Å²) >= 11 is 11.5. The number of para-hydroxylation sites is 1. The number of halogens is 3. The number of nitriles is 1. The van der Waals surface area contributed by atoms with Crippen LogP contribution in [0.25, 0.3) is 0 Å². The van der Waals surface area contributed by atoms with Crippen LogP contribution in [-0.2, 0) is 4.79 Å². The van der Waals surface area contributed by atoms with E-state index in [2.05, 4.69) is 0 Å². The Labute approximate surface area is 173 Å². The predicted octanol–water partition coefficient (Wildman–Crippen LogP) is 6.39. The molecule has 3 unspecified atom stereocenters. The van der Waals surface area contributed by atoms with Crippen molar-refractivity contribution in [2.24, 2.45) is 17.3 Å². The molecular weight excluding hydrogens is 400 g/mol. The second-order valence-corrected chi connectivity index (χ2v) is 8.36. The molecule has 144 valence electrons. The Bertz CT molecular complexity index is 962. The molecule has 3 atom stereocenters. The summed E-state index contributed by atoms with van der Waals surface area (Å²) in [6.07, 6.45) is 1.63. The molecule has 6 heteroatoms. The van der Waals surface area contributed by atoms with Gasteiger partial charge in [0.1, 0.15) is 16.2 Å². The minimum Gasteiger partial charge on any atom is -0.454 e. The van der Waals surface area contributed by atoms with Crippen LogP contribution in [0.4, 0.5) is 4.39 Å². The summed E-state index contributed by atoms with van der Waals surface area (Å²) in [5, 5.41) is 9.64. The van der Waals surface area contributed by atoms with E-state index in [9.17, 15) is 14.4 Å². The van der Waals surface area contributed by atoms with Crippen molar-refractivity contribution in [3.8, 4) is 17.6 Å². The van der Waals surface area contributed by atoms with Crippen molar-refractivity contribution in [1.82, 2.24) is 0 Å². The minimum absolute atomic E-state index is 0.0351. The minimum atomic E-state index is -1.03. The molecule has 2 aromatic rings. The van der Waals surface area contributed by atoms with Crippen molar-refractivity contribution < 1.29 is 13.9 Å². The number of ketones is 1. The summed E-state index contributed by atoms with van der Waals surface area (Å²) in [5.41, 5.74) is 0.0483. The Morgan fingerprint density at radius 2 is 1.93 bits per heavy atom. The lowest BCUT2D eigenvalue weighted by Crippen LogP contribution is -2.16. The smallest absolute Gasteiger partial charge is 0.165 e. The number of hydrogen-bond acceptors (Lipinski definition) is 3. The Morgan fingerprint density at radius 1 is 1.25 bits per heavy atom. The van der Waals surface area contributed by atoms with Crippen LogP contribution < -0.4 is 4.74 Å². The molecule has 0 aliphatic heterocycles. The molecule has 2 aromatic carbocycles. The molecule has 3 rings (SSSR count). The largest absolute Gasteiger partial charge is 0.454 e.